The van der Waals surface area contributed by atoms with Gasteiger partial charge >= 0.3 is 12.0 Å². The van der Waals surface area contributed by atoms with E-state index in [1.807, 2.05) is 0 Å². The number of nitrogens with one attached hydrogen (secondary N) is 3. The number of ether oxygens (including phenoxy) is 1. The average Bonchev–Trinajstić information content (AvgIpc) is 3.65. The van der Waals surface area contributed by atoms with Gasteiger partial charge in [-0.25, -0.2) is 4.79 Å². The van der Waals surface area contributed by atoms with Crippen LogP contribution in [0, 0.1) is 17.8 Å². The van der Waals surface area contributed by atoms with E-state index < -0.39 is 53.3 Å². The third-order valence-electron chi connectivity index (χ3n) is 7.47. The SMILES string of the molecule is CC(C)(C)OC(=O)CNC(=O)NC(C(=O)N1CCCC1C(=O)NC(CC1CC1)C(=O)C(N)=O)C1CCCCC1.CC(C)C.CS. The lowest BCUT2D eigenvalue weighted by Gasteiger charge is -2.34. The van der Waals surface area contributed by atoms with E-state index in [9.17, 15) is 28.8 Å². The summed E-state index contributed by atoms with van der Waals surface area (Å²) in [5.74, 6) is -2.42. The average molecular weight is 656 g/mol. The first-order valence-electron chi connectivity index (χ1n) is 16.2. The second-order valence-electron chi connectivity index (χ2n) is 13.7. The van der Waals surface area contributed by atoms with Crippen molar-refractivity contribution in [3.63, 3.8) is 0 Å². The van der Waals surface area contributed by atoms with E-state index in [1.165, 1.54) is 4.90 Å². The smallest absolute Gasteiger partial charge is 0.325 e. The molecule has 12 nitrogen and oxygen atoms in total. The van der Waals surface area contributed by atoms with Crippen LogP contribution in [0.4, 0.5) is 4.79 Å². The molecule has 0 aromatic carbocycles. The van der Waals surface area contributed by atoms with E-state index in [4.69, 9.17) is 10.5 Å². The summed E-state index contributed by atoms with van der Waals surface area (Å²) in [6.45, 7) is 11.7. The first-order chi connectivity index (χ1) is 21.1. The fourth-order valence-electron chi connectivity index (χ4n) is 5.41. The van der Waals surface area contributed by atoms with Crippen molar-refractivity contribution in [2.45, 2.75) is 129 Å². The van der Waals surface area contributed by atoms with Crippen LogP contribution < -0.4 is 21.7 Å². The van der Waals surface area contributed by atoms with Crippen molar-refractivity contribution in [3.05, 3.63) is 0 Å². The Bertz CT molecular complexity index is 1000. The van der Waals surface area contributed by atoms with E-state index in [2.05, 4.69) is 49.4 Å². The molecule has 0 radical (unpaired) electrons. The van der Waals surface area contributed by atoms with Gasteiger partial charge in [-0.15, -0.1) is 0 Å². The number of esters is 1. The zero-order valence-corrected chi connectivity index (χ0v) is 29.2. The molecular weight excluding hydrogens is 598 g/mol. The van der Waals surface area contributed by atoms with Crippen molar-refractivity contribution < 1.29 is 33.5 Å². The van der Waals surface area contributed by atoms with E-state index in [-0.39, 0.29) is 24.3 Å². The van der Waals surface area contributed by atoms with Gasteiger partial charge in [-0.1, -0.05) is 52.9 Å². The van der Waals surface area contributed by atoms with Gasteiger partial charge in [0.1, 0.15) is 24.2 Å². The lowest BCUT2D eigenvalue weighted by molar-refractivity contribution is -0.153. The van der Waals surface area contributed by atoms with Crippen LogP contribution in [0.1, 0.15) is 106 Å². The van der Waals surface area contributed by atoms with Gasteiger partial charge in [0, 0.05) is 6.54 Å². The Morgan fingerprint density at radius 2 is 1.47 bits per heavy atom. The topological polar surface area (TPSA) is 177 Å². The summed E-state index contributed by atoms with van der Waals surface area (Å²) in [4.78, 5) is 77.1. The third-order valence-corrected chi connectivity index (χ3v) is 7.47. The summed E-state index contributed by atoms with van der Waals surface area (Å²) in [5, 5.41) is 7.90. The standard InChI is InChI=1S/C27H43N5O7.C4H10.CH4S/c1-27(2,3)39-20(33)15-29-26(38)31-21(17-8-5-4-6-9-17)25(37)32-13-7-10-19(32)24(36)30-18(14-16-11-12-16)22(34)23(28)35;1-4(2)3;1-2/h16-19,21H,4-15H2,1-3H3,(H2,28,35)(H,30,36)(H2,29,31,38);4H,1-3H3;2H,1H3. The number of nitrogens with zero attached hydrogens (tertiary/aromatic N) is 1. The molecule has 1 heterocycles. The van der Waals surface area contributed by atoms with Crippen LogP contribution in [-0.2, 0) is 28.7 Å². The largest absolute Gasteiger partial charge is 0.459 e. The zero-order valence-electron chi connectivity index (χ0n) is 28.3. The van der Waals surface area contributed by atoms with Gasteiger partial charge in [0.15, 0.2) is 0 Å². The van der Waals surface area contributed by atoms with Crippen molar-refractivity contribution in [3.8, 4) is 0 Å². The zero-order chi connectivity index (χ0) is 34.3. The van der Waals surface area contributed by atoms with Gasteiger partial charge in [0.25, 0.3) is 5.91 Å². The quantitative estimate of drug-likeness (QED) is 0.129. The molecule has 5 amide bonds. The summed E-state index contributed by atoms with van der Waals surface area (Å²) in [5.41, 5.74) is 4.51. The molecule has 3 rings (SSSR count). The number of nitrogens with two attached hydrogens (primary N) is 1. The number of rotatable bonds is 11. The summed E-state index contributed by atoms with van der Waals surface area (Å²) in [6, 6.07) is -3.36. The summed E-state index contributed by atoms with van der Waals surface area (Å²) in [6.07, 6.45) is 9.30. The molecule has 3 unspecified atom stereocenters. The maximum atomic E-state index is 13.8. The van der Waals surface area contributed by atoms with Crippen LogP contribution in [0.2, 0.25) is 0 Å². The van der Waals surface area contributed by atoms with Gasteiger partial charge < -0.3 is 31.3 Å². The molecule has 5 N–H and O–H groups in total. The first kappa shape index (κ1) is 40.2. The fourth-order valence-corrected chi connectivity index (χ4v) is 5.41. The summed E-state index contributed by atoms with van der Waals surface area (Å²) < 4.78 is 5.22. The molecule has 1 saturated heterocycles. The van der Waals surface area contributed by atoms with Crippen molar-refractivity contribution in [2.75, 3.05) is 19.3 Å². The molecule has 258 valence electrons. The maximum absolute atomic E-state index is 13.8. The number of carbonyl (C=O) groups excluding carboxylic acids is 6. The number of carbonyl (C=O) groups is 6. The Morgan fingerprint density at radius 3 is 1.98 bits per heavy atom. The Labute approximate surface area is 274 Å². The van der Waals surface area contributed by atoms with E-state index >= 15 is 0 Å². The highest BCUT2D eigenvalue weighted by molar-refractivity contribution is 7.79. The van der Waals surface area contributed by atoms with Crippen molar-refractivity contribution in [1.82, 2.24) is 20.9 Å². The number of thiol groups is 1. The second-order valence-corrected chi connectivity index (χ2v) is 13.7. The molecule has 45 heavy (non-hydrogen) atoms. The van der Waals surface area contributed by atoms with Crippen LogP contribution >= 0.6 is 12.6 Å². The number of hydrogen-bond donors (Lipinski definition) is 5. The summed E-state index contributed by atoms with van der Waals surface area (Å²) in [7, 11) is 0. The highest BCUT2D eigenvalue weighted by Gasteiger charge is 2.42. The minimum absolute atomic E-state index is 0.109. The van der Waals surface area contributed by atoms with Crippen LogP contribution in [0.3, 0.4) is 0 Å². The molecule has 2 aliphatic carbocycles. The van der Waals surface area contributed by atoms with Crippen LogP contribution in [0.15, 0.2) is 0 Å². The normalized spacial score (nSPS) is 19.5. The lowest BCUT2D eigenvalue weighted by Crippen LogP contribution is -2.59. The Kier molecular flexibility index (Phi) is 17.5. The van der Waals surface area contributed by atoms with Crippen molar-refractivity contribution in [1.29, 1.82) is 0 Å². The van der Waals surface area contributed by atoms with Gasteiger partial charge in [0.2, 0.25) is 17.6 Å². The van der Waals surface area contributed by atoms with Crippen molar-refractivity contribution >= 4 is 48.1 Å². The van der Waals surface area contributed by atoms with Crippen LogP contribution in [0.25, 0.3) is 0 Å². The monoisotopic (exact) mass is 655 g/mol. The van der Waals surface area contributed by atoms with E-state index in [0.29, 0.717) is 25.8 Å². The number of urea groups is 1. The highest BCUT2D eigenvalue weighted by atomic mass is 32.1. The fraction of sp³-hybridized carbons (Fsp3) is 0.812. The number of hydrogen-bond acceptors (Lipinski definition) is 8. The van der Waals surface area contributed by atoms with Crippen LogP contribution in [0.5, 0.6) is 0 Å². The minimum Gasteiger partial charge on any atom is -0.459 e. The molecule has 2 saturated carbocycles. The van der Waals surface area contributed by atoms with Gasteiger partial charge in [-0.2, -0.15) is 12.6 Å². The Hall–Kier alpha value is -2.83. The first-order valence-corrected chi connectivity index (χ1v) is 17.1. The van der Waals surface area contributed by atoms with E-state index in [1.54, 1.807) is 27.0 Å². The van der Waals surface area contributed by atoms with E-state index in [0.717, 1.165) is 50.9 Å². The molecular formula is C32H57N5O7S. The Balaban J connectivity index is 0.00000156. The number of amides is 5. The number of primary amides is 1. The number of ketones is 1. The molecule has 0 spiro atoms. The predicted molar refractivity (Wildman–Crippen MR) is 176 cm³/mol. The van der Waals surface area contributed by atoms with Gasteiger partial charge in [0.05, 0.1) is 6.04 Å². The van der Waals surface area contributed by atoms with Crippen molar-refractivity contribution in [2.24, 2.45) is 23.5 Å². The van der Waals surface area contributed by atoms with Gasteiger partial charge in [-0.3, -0.25) is 24.0 Å². The molecule has 0 bridgehead atoms. The third kappa shape index (κ3) is 15.3. The van der Waals surface area contributed by atoms with Gasteiger partial charge in [-0.05, 0) is 76.9 Å². The predicted octanol–water partition coefficient (Wildman–Crippen LogP) is 3.11. The molecule has 0 aromatic heterocycles. The minimum atomic E-state index is -1.10. The molecule has 0 aromatic rings. The number of likely N-dealkylation sites (tertiary alicyclic amines) is 1. The molecule has 3 fully saturated rings. The van der Waals surface area contributed by atoms with Crippen LogP contribution in [-0.4, -0.2) is 83.5 Å². The lowest BCUT2D eigenvalue weighted by atomic mass is 9.83. The number of Topliss-reactive ketones (excluding diaryl/α,β-unsaturated/α-hetero) is 1. The Morgan fingerprint density at radius 1 is 0.889 bits per heavy atom. The molecule has 13 heteroatoms. The summed E-state index contributed by atoms with van der Waals surface area (Å²) >= 11 is 3.53. The highest BCUT2D eigenvalue weighted by Crippen LogP contribution is 2.34. The molecule has 3 aliphatic rings. The second kappa shape index (κ2) is 19.6. The molecule has 3 atom stereocenters. The maximum Gasteiger partial charge on any atom is 0.325 e. The molecule has 1 aliphatic heterocycles.